The summed E-state index contributed by atoms with van der Waals surface area (Å²) in [6.45, 7) is 2.25. The van der Waals surface area contributed by atoms with Gasteiger partial charge < -0.3 is 4.74 Å². The highest BCUT2D eigenvalue weighted by atomic mass is 35.5. The third-order valence-corrected chi connectivity index (χ3v) is 2.94. The molecule has 4 heteroatoms. The zero-order chi connectivity index (χ0) is 11.1. The fraction of sp³-hybridized carbons (Fsp3) is 0.364. The summed E-state index contributed by atoms with van der Waals surface area (Å²) in [6, 6.07) is 7.62. The first-order chi connectivity index (χ1) is 7.22. The number of hydrogen-bond acceptors (Lipinski definition) is 3. The number of thioether (sulfide) groups is 1. The molecule has 0 radical (unpaired) electrons. The average molecular weight is 245 g/mol. The van der Waals surface area contributed by atoms with Crippen LogP contribution in [0.3, 0.4) is 0 Å². The molecule has 0 saturated heterocycles. The van der Waals surface area contributed by atoms with Crippen LogP contribution in [-0.2, 0) is 15.3 Å². The molecule has 82 valence electrons. The van der Waals surface area contributed by atoms with Crippen LogP contribution in [0.25, 0.3) is 0 Å². The second-order valence-electron chi connectivity index (χ2n) is 2.92. The molecule has 0 bridgehead atoms. The minimum atomic E-state index is -0.156. The maximum absolute atomic E-state index is 11.0. The number of carbonyl (C=O) groups is 1. The lowest BCUT2D eigenvalue weighted by Crippen LogP contribution is -2.06. The van der Waals surface area contributed by atoms with Crippen LogP contribution in [0, 0.1) is 0 Å². The molecule has 0 amide bonds. The van der Waals surface area contributed by atoms with E-state index in [0.29, 0.717) is 12.4 Å². The van der Waals surface area contributed by atoms with Crippen LogP contribution in [0.4, 0.5) is 0 Å². The number of halogens is 1. The van der Waals surface area contributed by atoms with Crippen molar-refractivity contribution < 1.29 is 9.53 Å². The maximum Gasteiger partial charge on any atom is 0.315 e. The molecular formula is C11H13ClO2S. The molecule has 0 aliphatic heterocycles. The summed E-state index contributed by atoms with van der Waals surface area (Å²) in [4.78, 5) is 11.0. The molecule has 0 unspecified atom stereocenters. The Morgan fingerprint density at radius 3 is 2.67 bits per heavy atom. The van der Waals surface area contributed by atoms with Crippen LogP contribution in [0.5, 0.6) is 0 Å². The van der Waals surface area contributed by atoms with Crippen molar-refractivity contribution in [3.8, 4) is 0 Å². The van der Waals surface area contributed by atoms with Gasteiger partial charge in [-0.05, 0) is 24.6 Å². The lowest BCUT2D eigenvalue weighted by Gasteiger charge is -2.02. The first-order valence-corrected chi connectivity index (χ1v) is 6.23. The van der Waals surface area contributed by atoms with Crippen LogP contribution in [-0.4, -0.2) is 18.3 Å². The Bertz CT molecular complexity index is 311. The molecule has 0 saturated carbocycles. The molecule has 0 heterocycles. The van der Waals surface area contributed by atoms with Gasteiger partial charge >= 0.3 is 5.97 Å². The van der Waals surface area contributed by atoms with Gasteiger partial charge in [0.05, 0.1) is 12.4 Å². The smallest absolute Gasteiger partial charge is 0.315 e. The normalized spacial score (nSPS) is 10.0. The first-order valence-electron chi connectivity index (χ1n) is 4.70. The van der Waals surface area contributed by atoms with Gasteiger partial charge in [0.15, 0.2) is 0 Å². The molecule has 0 N–H and O–H groups in total. The van der Waals surface area contributed by atoms with Crippen molar-refractivity contribution in [2.45, 2.75) is 12.7 Å². The van der Waals surface area contributed by atoms with Gasteiger partial charge in [0.1, 0.15) is 0 Å². The van der Waals surface area contributed by atoms with Crippen molar-refractivity contribution in [2.24, 2.45) is 0 Å². The Morgan fingerprint density at radius 2 is 2.07 bits per heavy atom. The molecule has 0 aliphatic carbocycles. The number of rotatable bonds is 5. The van der Waals surface area contributed by atoms with E-state index in [1.165, 1.54) is 0 Å². The van der Waals surface area contributed by atoms with E-state index < -0.39 is 0 Å². The van der Waals surface area contributed by atoms with Gasteiger partial charge in [0.2, 0.25) is 0 Å². The van der Waals surface area contributed by atoms with Crippen LogP contribution in [0.2, 0.25) is 5.02 Å². The Balaban J connectivity index is 2.26. The van der Waals surface area contributed by atoms with Gasteiger partial charge in [-0.1, -0.05) is 23.7 Å². The Hall–Kier alpha value is -0.670. The SMILES string of the molecule is CCOC(=O)CSCc1ccc(Cl)cc1. The van der Waals surface area contributed by atoms with E-state index in [4.69, 9.17) is 16.3 Å². The predicted molar refractivity (Wildman–Crippen MR) is 64.2 cm³/mol. The molecule has 1 aromatic carbocycles. The van der Waals surface area contributed by atoms with E-state index in [1.807, 2.05) is 31.2 Å². The lowest BCUT2D eigenvalue weighted by atomic mass is 10.2. The quantitative estimate of drug-likeness (QED) is 0.745. The fourth-order valence-electron chi connectivity index (χ4n) is 1.04. The van der Waals surface area contributed by atoms with Crippen molar-refractivity contribution in [1.29, 1.82) is 0 Å². The van der Waals surface area contributed by atoms with Crippen LogP contribution in [0.15, 0.2) is 24.3 Å². The maximum atomic E-state index is 11.0. The summed E-state index contributed by atoms with van der Waals surface area (Å²) in [7, 11) is 0. The van der Waals surface area contributed by atoms with E-state index in [9.17, 15) is 4.79 Å². The molecule has 0 atom stereocenters. The number of benzene rings is 1. The highest BCUT2D eigenvalue weighted by Gasteiger charge is 2.01. The molecule has 1 aromatic rings. The van der Waals surface area contributed by atoms with E-state index in [0.717, 1.165) is 16.3 Å². The van der Waals surface area contributed by atoms with Gasteiger partial charge in [-0.15, -0.1) is 11.8 Å². The Kier molecular flexibility index (Phi) is 5.58. The second kappa shape index (κ2) is 6.75. The van der Waals surface area contributed by atoms with E-state index in [-0.39, 0.29) is 5.97 Å². The summed E-state index contributed by atoms with van der Waals surface area (Å²) < 4.78 is 4.82. The second-order valence-corrected chi connectivity index (χ2v) is 4.35. The van der Waals surface area contributed by atoms with E-state index >= 15 is 0 Å². The van der Waals surface area contributed by atoms with Gasteiger partial charge in [-0.2, -0.15) is 0 Å². The fourth-order valence-corrected chi connectivity index (χ4v) is 1.94. The molecule has 0 aliphatic rings. The molecule has 0 spiro atoms. The van der Waals surface area contributed by atoms with E-state index in [1.54, 1.807) is 11.8 Å². The van der Waals surface area contributed by atoms with Crippen molar-refractivity contribution in [1.82, 2.24) is 0 Å². The van der Waals surface area contributed by atoms with Crippen molar-refractivity contribution >= 4 is 29.3 Å². The van der Waals surface area contributed by atoms with Crippen LogP contribution >= 0.6 is 23.4 Å². The predicted octanol–water partition coefficient (Wildman–Crippen LogP) is 3.14. The monoisotopic (exact) mass is 244 g/mol. The third kappa shape index (κ3) is 5.09. The largest absolute Gasteiger partial charge is 0.465 e. The Labute approximate surface area is 99.0 Å². The van der Waals surface area contributed by atoms with Crippen molar-refractivity contribution in [2.75, 3.05) is 12.4 Å². The van der Waals surface area contributed by atoms with Crippen LogP contribution < -0.4 is 0 Å². The number of hydrogen-bond donors (Lipinski definition) is 0. The minimum Gasteiger partial charge on any atom is -0.465 e. The van der Waals surface area contributed by atoms with Crippen LogP contribution in [0.1, 0.15) is 12.5 Å². The minimum absolute atomic E-state index is 0.156. The topological polar surface area (TPSA) is 26.3 Å². The summed E-state index contributed by atoms with van der Waals surface area (Å²) in [5.41, 5.74) is 1.16. The molecule has 2 nitrogen and oxygen atoms in total. The summed E-state index contributed by atoms with van der Waals surface area (Å²) in [5.74, 6) is 1.04. The van der Waals surface area contributed by atoms with E-state index in [2.05, 4.69) is 0 Å². The highest BCUT2D eigenvalue weighted by Crippen LogP contribution is 2.15. The number of carbonyl (C=O) groups excluding carboxylic acids is 1. The first kappa shape index (κ1) is 12.4. The number of ether oxygens (including phenoxy) is 1. The Morgan fingerprint density at radius 1 is 1.40 bits per heavy atom. The molecule has 15 heavy (non-hydrogen) atoms. The zero-order valence-electron chi connectivity index (χ0n) is 8.53. The molecule has 0 aromatic heterocycles. The average Bonchev–Trinajstić information content (AvgIpc) is 2.21. The third-order valence-electron chi connectivity index (χ3n) is 1.71. The van der Waals surface area contributed by atoms with Gasteiger partial charge in [-0.3, -0.25) is 4.79 Å². The summed E-state index contributed by atoms with van der Waals surface area (Å²) in [5, 5.41) is 0.731. The molecular weight excluding hydrogens is 232 g/mol. The summed E-state index contributed by atoms with van der Waals surface area (Å²) in [6.07, 6.45) is 0. The standard InChI is InChI=1S/C11H13ClO2S/c1-2-14-11(13)8-15-7-9-3-5-10(12)6-4-9/h3-6H,2,7-8H2,1H3. The molecule has 1 rings (SSSR count). The zero-order valence-corrected chi connectivity index (χ0v) is 10.1. The van der Waals surface area contributed by atoms with Crippen molar-refractivity contribution in [3.05, 3.63) is 34.9 Å². The highest BCUT2D eigenvalue weighted by molar-refractivity contribution is 7.99. The van der Waals surface area contributed by atoms with Gasteiger partial charge in [0, 0.05) is 10.8 Å². The van der Waals surface area contributed by atoms with Gasteiger partial charge in [-0.25, -0.2) is 0 Å². The lowest BCUT2D eigenvalue weighted by molar-refractivity contribution is -0.139. The molecule has 0 fully saturated rings. The number of esters is 1. The van der Waals surface area contributed by atoms with Gasteiger partial charge in [0.25, 0.3) is 0 Å². The summed E-state index contributed by atoms with van der Waals surface area (Å²) >= 11 is 7.30. The van der Waals surface area contributed by atoms with Crippen molar-refractivity contribution in [3.63, 3.8) is 0 Å².